The van der Waals surface area contributed by atoms with Gasteiger partial charge < -0.3 is 20.3 Å². The molecule has 0 amide bonds. The van der Waals surface area contributed by atoms with Gasteiger partial charge in [-0.1, -0.05) is 42.5 Å². The van der Waals surface area contributed by atoms with Gasteiger partial charge in [-0.3, -0.25) is 9.36 Å². The van der Waals surface area contributed by atoms with Crippen LogP contribution in [0, 0.1) is 5.92 Å². The number of rotatable bonds is 7. The normalized spacial score (nSPS) is 17.5. The lowest BCUT2D eigenvalue weighted by Gasteiger charge is -2.29. The van der Waals surface area contributed by atoms with Gasteiger partial charge in [0.15, 0.2) is 0 Å². The summed E-state index contributed by atoms with van der Waals surface area (Å²) in [7, 11) is 0. The van der Waals surface area contributed by atoms with Crippen LogP contribution in [0.4, 0.5) is 17.3 Å². The number of hydrogen-bond donors (Lipinski definition) is 2. The van der Waals surface area contributed by atoms with E-state index in [2.05, 4.69) is 75.1 Å². The van der Waals surface area contributed by atoms with Crippen molar-refractivity contribution in [2.45, 2.75) is 25.8 Å². The molecule has 4 heterocycles. The monoisotopic (exact) mass is 560 g/mol. The van der Waals surface area contributed by atoms with Gasteiger partial charge in [0.25, 0.3) is 5.56 Å². The summed E-state index contributed by atoms with van der Waals surface area (Å²) >= 11 is 0. The van der Waals surface area contributed by atoms with Gasteiger partial charge in [0.05, 0.1) is 0 Å². The Kier molecular flexibility index (Phi) is 7.55. The number of pyridine rings is 1. The van der Waals surface area contributed by atoms with Gasteiger partial charge in [0, 0.05) is 74.5 Å². The number of hydrogen-bond acceptors (Lipinski definition) is 7. The Labute approximate surface area is 245 Å². The first-order valence-electron chi connectivity index (χ1n) is 15.0. The van der Waals surface area contributed by atoms with Crippen LogP contribution in [-0.2, 0) is 11.3 Å². The second kappa shape index (κ2) is 11.9. The molecule has 3 aliphatic rings. The Morgan fingerprint density at radius 2 is 1.74 bits per heavy atom. The van der Waals surface area contributed by atoms with Crippen LogP contribution < -0.4 is 21.1 Å². The molecule has 4 aromatic rings. The van der Waals surface area contributed by atoms with Crippen molar-refractivity contribution < 1.29 is 4.74 Å². The number of aromatic nitrogens is 3. The van der Waals surface area contributed by atoms with Crippen LogP contribution in [-0.4, -0.2) is 53.9 Å². The van der Waals surface area contributed by atoms with Gasteiger partial charge in [-0.15, -0.1) is 0 Å². The van der Waals surface area contributed by atoms with Crippen LogP contribution in [0.1, 0.15) is 24.8 Å². The quantitative estimate of drug-likeness (QED) is 0.314. The van der Waals surface area contributed by atoms with Crippen LogP contribution in [0.5, 0.6) is 0 Å². The average Bonchev–Trinajstić information content (AvgIpc) is 3.59. The van der Waals surface area contributed by atoms with Crippen molar-refractivity contribution in [3.8, 4) is 11.1 Å². The molecule has 0 bridgehead atoms. The van der Waals surface area contributed by atoms with E-state index in [0.717, 1.165) is 80.9 Å². The molecule has 0 saturated carbocycles. The minimum atomic E-state index is -0.0215. The van der Waals surface area contributed by atoms with E-state index in [1.54, 1.807) is 0 Å². The van der Waals surface area contributed by atoms with E-state index >= 15 is 0 Å². The van der Waals surface area contributed by atoms with Gasteiger partial charge in [0.2, 0.25) is 5.95 Å². The third kappa shape index (κ3) is 5.60. The van der Waals surface area contributed by atoms with Gasteiger partial charge in [-0.05, 0) is 72.2 Å². The lowest BCUT2D eigenvalue weighted by Crippen LogP contribution is -2.43. The van der Waals surface area contributed by atoms with Crippen LogP contribution in [0.3, 0.4) is 0 Å². The van der Waals surface area contributed by atoms with Crippen molar-refractivity contribution in [2.75, 3.05) is 49.6 Å². The number of anilines is 3. The summed E-state index contributed by atoms with van der Waals surface area (Å²) in [5.74, 6) is 0.842. The van der Waals surface area contributed by atoms with Crippen molar-refractivity contribution in [2.24, 2.45) is 5.92 Å². The number of benzene rings is 2. The minimum absolute atomic E-state index is 0.0215. The molecule has 0 spiro atoms. The molecular weight excluding hydrogens is 524 g/mol. The predicted molar refractivity (Wildman–Crippen MR) is 169 cm³/mol. The molecule has 2 saturated heterocycles. The molecule has 7 rings (SSSR count). The number of nitrogens with one attached hydrogen (secondary N) is 2. The summed E-state index contributed by atoms with van der Waals surface area (Å²) in [4.78, 5) is 26.0. The fourth-order valence-electron chi connectivity index (χ4n) is 6.10. The molecule has 42 heavy (non-hydrogen) atoms. The highest BCUT2D eigenvalue weighted by molar-refractivity contribution is 5.83. The zero-order valence-electron chi connectivity index (χ0n) is 23.8. The molecule has 8 heteroatoms. The van der Waals surface area contributed by atoms with E-state index in [9.17, 15) is 4.79 Å². The molecular formula is C34H36N6O2. The Morgan fingerprint density at radius 3 is 2.48 bits per heavy atom. The Bertz CT molecular complexity index is 1680. The Balaban J connectivity index is 1.21. The lowest BCUT2D eigenvalue weighted by atomic mass is 9.99. The van der Waals surface area contributed by atoms with E-state index in [0.29, 0.717) is 29.6 Å². The summed E-state index contributed by atoms with van der Waals surface area (Å²) in [6.45, 7) is 6.09. The molecule has 2 aliphatic heterocycles. The Hall–Kier alpha value is -4.27. The highest BCUT2D eigenvalue weighted by atomic mass is 16.5. The Morgan fingerprint density at radius 1 is 0.976 bits per heavy atom. The first-order chi connectivity index (χ1) is 20.7. The van der Waals surface area contributed by atoms with Gasteiger partial charge in [-0.25, -0.2) is 4.98 Å². The van der Waals surface area contributed by atoms with Gasteiger partial charge >= 0.3 is 0 Å². The molecule has 214 valence electrons. The molecule has 1 aliphatic carbocycles. The zero-order chi connectivity index (χ0) is 28.3. The summed E-state index contributed by atoms with van der Waals surface area (Å²) in [6.07, 6.45) is 11.2. The van der Waals surface area contributed by atoms with E-state index in [4.69, 9.17) is 9.72 Å². The number of ether oxygens (including phenoxy) is 1. The summed E-state index contributed by atoms with van der Waals surface area (Å²) < 4.78 is 7.45. The third-order valence-electron chi connectivity index (χ3n) is 8.51. The molecule has 0 radical (unpaired) electrons. The maximum absolute atomic E-state index is 14.1. The van der Waals surface area contributed by atoms with Crippen molar-refractivity contribution in [1.82, 2.24) is 19.9 Å². The molecule has 0 unspecified atom stereocenters. The number of piperazine rings is 1. The molecule has 8 nitrogen and oxygen atoms in total. The van der Waals surface area contributed by atoms with E-state index < -0.39 is 0 Å². The van der Waals surface area contributed by atoms with Crippen molar-refractivity contribution >= 4 is 33.9 Å². The van der Waals surface area contributed by atoms with Crippen LogP contribution >= 0.6 is 0 Å². The van der Waals surface area contributed by atoms with E-state index in [1.807, 2.05) is 29.0 Å². The van der Waals surface area contributed by atoms with E-state index in [1.165, 1.54) is 11.3 Å². The zero-order valence-corrected chi connectivity index (χ0v) is 23.8. The highest BCUT2D eigenvalue weighted by Crippen LogP contribution is 2.28. The standard InChI is InChI=1S/C34H36N6O2/c41-33-31(27-7-5-26(6-8-27)25-3-1-2-4-25)21-28-22-36-34(38-32(28)40(33)23-24-13-19-42-20-14-24)37-29-9-11-30(12-10-29)39-17-15-35-16-18-39/h1,3-12,21-22,24,35H,2,13-20,23H2,(H,36,37,38). The first-order valence-corrected chi connectivity index (χ1v) is 15.0. The SMILES string of the molecule is O=c1c(-c2ccc(C3=CCC=C3)cc2)cc2cnc(Nc3ccc(N4CCNCC4)cc3)nc2n1CC1CCOCC1. The van der Waals surface area contributed by atoms with E-state index in [-0.39, 0.29) is 5.56 Å². The molecule has 2 aromatic carbocycles. The maximum atomic E-state index is 14.1. The minimum Gasteiger partial charge on any atom is -0.381 e. The highest BCUT2D eigenvalue weighted by Gasteiger charge is 2.20. The van der Waals surface area contributed by atoms with Crippen molar-refractivity contribution in [1.29, 1.82) is 0 Å². The smallest absolute Gasteiger partial charge is 0.260 e. The topological polar surface area (TPSA) is 84.3 Å². The molecule has 2 aromatic heterocycles. The second-order valence-corrected chi connectivity index (χ2v) is 11.3. The third-order valence-corrected chi connectivity index (χ3v) is 8.51. The fourth-order valence-corrected chi connectivity index (χ4v) is 6.10. The van der Waals surface area contributed by atoms with Crippen LogP contribution in [0.25, 0.3) is 27.7 Å². The number of fused-ring (bicyclic) bond motifs is 1. The van der Waals surface area contributed by atoms with Crippen LogP contribution in [0.2, 0.25) is 0 Å². The fraction of sp³-hybridized carbons (Fsp3) is 0.324. The van der Waals surface area contributed by atoms with Crippen molar-refractivity contribution in [3.05, 3.63) is 94.9 Å². The molecule has 0 atom stereocenters. The molecule has 2 fully saturated rings. The summed E-state index contributed by atoms with van der Waals surface area (Å²) in [5.41, 5.74) is 6.72. The lowest BCUT2D eigenvalue weighted by molar-refractivity contribution is 0.0613. The maximum Gasteiger partial charge on any atom is 0.260 e. The van der Waals surface area contributed by atoms with Crippen LogP contribution in [0.15, 0.2) is 83.8 Å². The summed E-state index contributed by atoms with van der Waals surface area (Å²) in [5, 5.41) is 7.60. The van der Waals surface area contributed by atoms with Gasteiger partial charge in [-0.2, -0.15) is 4.98 Å². The second-order valence-electron chi connectivity index (χ2n) is 11.3. The van der Waals surface area contributed by atoms with Crippen molar-refractivity contribution in [3.63, 3.8) is 0 Å². The molecule has 2 N–H and O–H groups in total. The summed E-state index contributed by atoms with van der Waals surface area (Å²) in [6, 6.07) is 18.6. The number of nitrogens with zero attached hydrogens (tertiary/aromatic N) is 4. The first kappa shape index (κ1) is 26.6. The van der Waals surface area contributed by atoms with Gasteiger partial charge in [0.1, 0.15) is 5.65 Å². The largest absolute Gasteiger partial charge is 0.381 e. The average molecular weight is 561 g/mol. The predicted octanol–water partition coefficient (Wildman–Crippen LogP) is 5.38. The number of allylic oxidation sites excluding steroid dienone is 4.